The topological polar surface area (TPSA) is 155 Å². The van der Waals surface area contributed by atoms with Crippen LogP contribution < -0.4 is 0 Å². The van der Waals surface area contributed by atoms with Crippen molar-refractivity contribution in [3.63, 3.8) is 0 Å². The Bertz CT molecular complexity index is 1370. The SMILES string of the molecule is COC(=O)O[C@H]1C[C@H]2OC[C@@]2(OC(C)=O)C2[C@H](OC(=O)c3ccccc3)[C@]3(O)C[C@H](O)C(C)=C([C@@H](C)C(=O)[C@@]21C)C3(C)C. The Kier molecular flexibility index (Phi) is 7.55. The molecule has 0 radical (unpaired) electrons. The molecule has 1 saturated heterocycles. The van der Waals surface area contributed by atoms with E-state index in [1.54, 1.807) is 65.0 Å². The van der Waals surface area contributed by atoms with Crippen LogP contribution in [0.2, 0.25) is 0 Å². The number of carbonyl (C=O) groups excluding carboxylic acids is 4. The van der Waals surface area contributed by atoms with Crippen molar-refractivity contribution in [3.8, 4) is 0 Å². The molecular formula is C32H40O11. The highest BCUT2D eigenvalue weighted by molar-refractivity contribution is 5.92. The lowest BCUT2D eigenvalue weighted by molar-refractivity contribution is -0.345. The second-order valence-corrected chi connectivity index (χ2v) is 13.0. The van der Waals surface area contributed by atoms with Crippen molar-refractivity contribution in [3.05, 3.63) is 47.0 Å². The van der Waals surface area contributed by atoms with Crippen LogP contribution in [0.3, 0.4) is 0 Å². The molecule has 2 N–H and O–H groups in total. The van der Waals surface area contributed by atoms with Gasteiger partial charge in [0.05, 0.1) is 36.7 Å². The molecule has 43 heavy (non-hydrogen) atoms. The number of aliphatic hydroxyl groups excluding tert-OH is 1. The molecule has 3 aliphatic carbocycles. The van der Waals surface area contributed by atoms with Gasteiger partial charge in [0.25, 0.3) is 0 Å². The van der Waals surface area contributed by atoms with Gasteiger partial charge in [-0.1, -0.05) is 39.0 Å². The quantitative estimate of drug-likeness (QED) is 0.297. The first-order valence-electron chi connectivity index (χ1n) is 14.5. The average Bonchev–Trinajstić information content (AvgIpc) is 2.94. The summed E-state index contributed by atoms with van der Waals surface area (Å²) in [6.45, 7) is 9.59. The molecule has 2 saturated carbocycles. The lowest BCUT2D eigenvalue weighted by atomic mass is 9.43. The fourth-order valence-corrected chi connectivity index (χ4v) is 8.47. The molecule has 1 unspecified atom stereocenters. The van der Waals surface area contributed by atoms with Gasteiger partial charge in [-0.3, -0.25) is 9.59 Å². The summed E-state index contributed by atoms with van der Waals surface area (Å²) in [5.41, 5.74) is -5.16. The fraction of sp³-hybridized carbons (Fsp3) is 0.625. The van der Waals surface area contributed by atoms with Gasteiger partial charge in [0.2, 0.25) is 0 Å². The number of carbonyl (C=O) groups is 4. The zero-order valence-electron chi connectivity index (χ0n) is 25.5. The number of Topliss-reactive ketones (excluding diaryl/α,β-unsaturated/α-hetero) is 1. The maximum atomic E-state index is 14.9. The molecule has 3 fully saturated rings. The van der Waals surface area contributed by atoms with E-state index in [9.17, 15) is 29.4 Å². The van der Waals surface area contributed by atoms with Crippen molar-refractivity contribution in [2.45, 2.75) is 90.0 Å². The van der Waals surface area contributed by atoms with Crippen LogP contribution >= 0.6 is 0 Å². The number of aliphatic hydroxyl groups is 2. The van der Waals surface area contributed by atoms with E-state index in [0.29, 0.717) is 11.1 Å². The highest BCUT2D eigenvalue weighted by Gasteiger charge is 2.78. The number of rotatable bonds is 4. The number of fused-ring (bicyclic) bond motifs is 5. The van der Waals surface area contributed by atoms with Crippen molar-refractivity contribution in [2.24, 2.45) is 22.7 Å². The van der Waals surface area contributed by atoms with Crippen molar-refractivity contribution < 1.29 is 53.1 Å². The Labute approximate surface area is 250 Å². The van der Waals surface area contributed by atoms with Crippen molar-refractivity contribution in [1.29, 1.82) is 0 Å². The van der Waals surface area contributed by atoms with E-state index in [4.69, 9.17) is 23.7 Å². The largest absolute Gasteiger partial charge is 0.508 e. The van der Waals surface area contributed by atoms with Gasteiger partial charge < -0.3 is 33.9 Å². The lowest BCUT2D eigenvalue weighted by Crippen LogP contribution is -2.81. The van der Waals surface area contributed by atoms with Gasteiger partial charge in [-0.05, 0) is 37.1 Å². The molecule has 0 spiro atoms. The minimum atomic E-state index is -1.98. The standard InChI is InChI=1S/C32H40O11/c1-16-20(34)14-32(38)26(42-27(36)19-11-9-8-10-12-19)24-30(6,25(35)17(2)23(16)29(32,4)5)21(41-28(37)39-7)13-22-31(24,15-40-22)43-18(3)33/h8-12,17,20-22,24,26,34,38H,13-15H2,1-7H3/t17-,20+,21+,22-,24?,26+,30-,31+,32-/m1/s1. The highest BCUT2D eigenvalue weighted by atomic mass is 16.7. The van der Waals surface area contributed by atoms with Gasteiger partial charge in [0.15, 0.2) is 5.60 Å². The molecule has 234 valence electrons. The predicted octanol–water partition coefficient (Wildman–Crippen LogP) is 3.15. The third kappa shape index (κ3) is 4.34. The fourth-order valence-electron chi connectivity index (χ4n) is 8.47. The molecule has 5 rings (SSSR count). The molecule has 4 aliphatic rings. The molecule has 11 heteroatoms. The van der Waals surface area contributed by atoms with E-state index < -0.39 is 76.4 Å². The second kappa shape index (κ2) is 10.4. The smallest absolute Gasteiger partial charge is 0.455 e. The van der Waals surface area contributed by atoms with E-state index in [-0.39, 0.29) is 30.8 Å². The molecular weight excluding hydrogens is 560 g/mol. The summed E-state index contributed by atoms with van der Waals surface area (Å²) in [4.78, 5) is 53.9. The van der Waals surface area contributed by atoms with E-state index in [1.807, 2.05) is 0 Å². The summed E-state index contributed by atoms with van der Waals surface area (Å²) in [6, 6.07) is 8.17. The number of ketones is 1. The Balaban J connectivity index is 1.83. The highest BCUT2D eigenvalue weighted by Crippen LogP contribution is 2.65. The Hall–Kier alpha value is -3.28. The molecule has 9 atom stereocenters. The van der Waals surface area contributed by atoms with E-state index in [2.05, 4.69) is 0 Å². The minimum Gasteiger partial charge on any atom is -0.455 e. The third-order valence-corrected chi connectivity index (χ3v) is 10.6. The van der Waals surface area contributed by atoms with Crippen molar-refractivity contribution in [1.82, 2.24) is 0 Å². The van der Waals surface area contributed by atoms with E-state index in [1.165, 1.54) is 6.92 Å². The summed E-state index contributed by atoms with van der Waals surface area (Å²) in [5.74, 6) is -3.96. The number of esters is 2. The molecule has 1 aromatic rings. The van der Waals surface area contributed by atoms with Gasteiger partial charge in [-0.15, -0.1) is 0 Å². The van der Waals surface area contributed by atoms with E-state index in [0.717, 1.165) is 7.11 Å². The molecule has 1 aromatic carbocycles. The number of ether oxygens (including phenoxy) is 5. The summed E-state index contributed by atoms with van der Waals surface area (Å²) in [6.07, 6.45) is -6.01. The van der Waals surface area contributed by atoms with Gasteiger partial charge in [0.1, 0.15) is 29.7 Å². The number of hydrogen-bond donors (Lipinski definition) is 2. The predicted molar refractivity (Wildman–Crippen MR) is 150 cm³/mol. The maximum absolute atomic E-state index is 14.9. The van der Waals surface area contributed by atoms with Crippen LogP contribution in [0.1, 0.15) is 64.7 Å². The van der Waals surface area contributed by atoms with Crippen LogP contribution in [-0.2, 0) is 33.3 Å². The van der Waals surface area contributed by atoms with Crippen LogP contribution in [0.5, 0.6) is 0 Å². The number of benzene rings is 1. The van der Waals surface area contributed by atoms with Crippen molar-refractivity contribution in [2.75, 3.05) is 13.7 Å². The molecule has 11 nitrogen and oxygen atoms in total. The summed E-state index contributed by atoms with van der Waals surface area (Å²) >= 11 is 0. The summed E-state index contributed by atoms with van der Waals surface area (Å²) < 4.78 is 28.7. The second-order valence-electron chi connectivity index (χ2n) is 13.0. The van der Waals surface area contributed by atoms with Crippen molar-refractivity contribution >= 4 is 23.9 Å². The first kappa shape index (κ1) is 31.2. The summed E-state index contributed by atoms with van der Waals surface area (Å²) in [5, 5.41) is 24.2. The van der Waals surface area contributed by atoms with Crippen LogP contribution in [-0.4, -0.2) is 83.4 Å². The van der Waals surface area contributed by atoms with Gasteiger partial charge in [-0.25, -0.2) is 9.59 Å². The average molecular weight is 601 g/mol. The van der Waals surface area contributed by atoms with Gasteiger partial charge >= 0.3 is 18.1 Å². The number of hydrogen-bond acceptors (Lipinski definition) is 11. The maximum Gasteiger partial charge on any atom is 0.508 e. The first-order chi connectivity index (χ1) is 20.1. The first-order valence-corrected chi connectivity index (χ1v) is 14.5. The Morgan fingerprint density at radius 2 is 1.72 bits per heavy atom. The molecule has 1 aliphatic heterocycles. The van der Waals surface area contributed by atoms with Crippen LogP contribution in [0.15, 0.2) is 41.5 Å². The zero-order valence-corrected chi connectivity index (χ0v) is 25.5. The molecule has 0 amide bonds. The van der Waals surface area contributed by atoms with Crippen LogP contribution in [0, 0.1) is 22.7 Å². The van der Waals surface area contributed by atoms with Crippen LogP contribution in [0.25, 0.3) is 0 Å². The molecule has 1 heterocycles. The minimum absolute atomic E-state index is 0.0182. The van der Waals surface area contributed by atoms with E-state index >= 15 is 0 Å². The molecule has 2 bridgehead atoms. The monoisotopic (exact) mass is 600 g/mol. The Morgan fingerprint density at radius 1 is 1.07 bits per heavy atom. The molecule has 0 aromatic heterocycles. The lowest BCUT2D eigenvalue weighted by Gasteiger charge is -2.67. The summed E-state index contributed by atoms with van der Waals surface area (Å²) in [7, 11) is 1.15. The van der Waals surface area contributed by atoms with Gasteiger partial charge in [0, 0.05) is 31.1 Å². The van der Waals surface area contributed by atoms with Gasteiger partial charge in [-0.2, -0.15) is 0 Å². The number of methoxy groups -OCH3 is 1. The third-order valence-electron chi connectivity index (χ3n) is 10.6. The zero-order chi connectivity index (χ0) is 31.7. The normalized spacial score (nSPS) is 39.6. The van der Waals surface area contributed by atoms with Crippen LogP contribution in [0.4, 0.5) is 4.79 Å². The Morgan fingerprint density at radius 3 is 2.28 bits per heavy atom.